The number of para-hydroxylation sites is 1. The Morgan fingerprint density at radius 1 is 0.969 bits per heavy atom. The first kappa shape index (κ1) is 21.5. The Morgan fingerprint density at radius 2 is 1.72 bits per heavy atom. The molecule has 0 saturated heterocycles. The number of esters is 1. The molecular formula is C24H21NO6S. The van der Waals surface area contributed by atoms with Gasteiger partial charge in [-0.3, -0.25) is 4.72 Å². The molecular weight excluding hydrogens is 430 g/mol. The molecule has 0 aliphatic heterocycles. The van der Waals surface area contributed by atoms with E-state index in [4.69, 9.17) is 13.9 Å². The smallest absolute Gasteiger partial charge is 0.374 e. The van der Waals surface area contributed by atoms with Crippen LogP contribution in [-0.4, -0.2) is 21.0 Å². The summed E-state index contributed by atoms with van der Waals surface area (Å²) in [5.74, 6) is 0.622. The number of benzene rings is 3. The molecule has 0 fully saturated rings. The van der Waals surface area contributed by atoms with E-state index in [1.54, 1.807) is 38.1 Å². The van der Waals surface area contributed by atoms with Crippen LogP contribution in [0.5, 0.6) is 11.5 Å². The van der Waals surface area contributed by atoms with Crippen LogP contribution in [-0.2, 0) is 14.8 Å². The van der Waals surface area contributed by atoms with Crippen LogP contribution in [0.3, 0.4) is 0 Å². The molecule has 164 valence electrons. The van der Waals surface area contributed by atoms with Gasteiger partial charge in [-0.25, -0.2) is 13.2 Å². The van der Waals surface area contributed by atoms with E-state index in [1.165, 1.54) is 18.2 Å². The van der Waals surface area contributed by atoms with E-state index in [0.717, 1.165) is 0 Å². The van der Waals surface area contributed by atoms with E-state index in [9.17, 15) is 13.2 Å². The topological polar surface area (TPSA) is 94.8 Å². The largest absolute Gasteiger partial charge is 0.460 e. The molecule has 8 heteroatoms. The van der Waals surface area contributed by atoms with E-state index in [0.29, 0.717) is 33.7 Å². The highest BCUT2D eigenvalue weighted by atomic mass is 32.2. The first-order chi connectivity index (χ1) is 15.4. The van der Waals surface area contributed by atoms with E-state index in [-0.39, 0.29) is 17.3 Å². The van der Waals surface area contributed by atoms with Crippen molar-refractivity contribution in [3.63, 3.8) is 0 Å². The first-order valence-corrected chi connectivity index (χ1v) is 11.4. The number of hydrogen-bond donors (Lipinski definition) is 1. The monoisotopic (exact) mass is 451 g/mol. The number of nitrogens with one attached hydrogen (secondary N) is 1. The Balaban J connectivity index is 1.60. The van der Waals surface area contributed by atoms with Crippen LogP contribution in [0.2, 0.25) is 0 Å². The molecule has 32 heavy (non-hydrogen) atoms. The minimum atomic E-state index is -3.90. The number of carbonyl (C=O) groups is 1. The fourth-order valence-electron chi connectivity index (χ4n) is 3.22. The lowest BCUT2D eigenvalue weighted by atomic mass is 10.1. The highest BCUT2D eigenvalue weighted by Crippen LogP contribution is 2.30. The summed E-state index contributed by atoms with van der Waals surface area (Å²) < 4.78 is 44.9. The fourth-order valence-corrected chi connectivity index (χ4v) is 4.30. The average molecular weight is 452 g/mol. The van der Waals surface area contributed by atoms with Gasteiger partial charge in [0.25, 0.3) is 10.0 Å². The van der Waals surface area contributed by atoms with Gasteiger partial charge in [0.15, 0.2) is 0 Å². The van der Waals surface area contributed by atoms with Gasteiger partial charge in [0.05, 0.1) is 17.2 Å². The number of hydrogen-bond acceptors (Lipinski definition) is 6. The fraction of sp³-hybridized carbons (Fsp3) is 0.125. The molecule has 0 aliphatic rings. The van der Waals surface area contributed by atoms with Crippen molar-refractivity contribution in [2.75, 3.05) is 11.3 Å². The number of aryl methyl sites for hydroxylation is 1. The van der Waals surface area contributed by atoms with E-state index in [2.05, 4.69) is 4.72 Å². The van der Waals surface area contributed by atoms with Crippen molar-refractivity contribution in [2.45, 2.75) is 18.7 Å². The molecule has 0 saturated carbocycles. The quantitative estimate of drug-likeness (QED) is 0.372. The standard InChI is InChI=1S/C24H21NO6S/c1-3-29-24(26)23-16(2)21-15-20(12-13-22(21)31-23)32(27,28)25-17-8-7-11-19(14-17)30-18-9-5-4-6-10-18/h4-15,25H,3H2,1-2H3. The Hall–Kier alpha value is -3.78. The second-order valence-corrected chi connectivity index (χ2v) is 8.67. The third-order valence-corrected chi connectivity index (χ3v) is 6.12. The van der Waals surface area contributed by atoms with Gasteiger partial charge in [-0.2, -0.15) is 0 Å². The van der Waals surface area contributed by atoms with Crippen molar-refractivity contribution in [2.24, 2.45) is 0 Å². The van der Waals surface area contributed by atoms with Gasteiger partial charge in [0.1, 0.15) is 17.1 Å². The van der Waals surface area contributed by atoms with Crippen LogP contribution in [0, 0.1) is 6.92 Å². The van der Waals surface area contributed by atoms with E-state index >= 15 is 0 Å². The van der Waals surface area contributed by atoms with Gasteiger partial charge in [-0.1, -0.05) is 24.3 Å². The molecule has 0 bridgehead atoms. The molecule has 1 N–H and O–H groups in total. The minimum Gasteiger partial charge on any atom is -0.460 e. The Kier molecular flexibility index (Phi) is 5.87. The van der Waals surface area contributed by atoms with Gasteiger partial charge in [-0.15, -0.1) is 0 Å². The molecule has 4 rings (SSSR count). The number of anilines is 1. The zero-order chi connectivity index (χ0) is 22.7. The molecule has 0 amide bonds. The summed E-state index contributed by atoms with van der Waals surface area (Å²) in [7, 11) is -3.90. The average Bonchev–Trinajstić information content (AvgIpc) is 3.11. The van der Waals surface area contributed by atoms with Gasteiger partial charge < -0.3 is 13.9 Å². The molecule has 0 spiro atoms. The third-order valence-electron chi connectivity index (χ3n) is 4.74. The molecule has 0 atom stereocenters. The first-order valence-electron chi connectivity index (χ1n) is 9.93. The molecule has 0 unspecified atom stereocenters. The van der Waals surface area contributed by atoms with Crippen LogP contribution in [0.1, 0.15) is 23.0 Å². The maximum Gasteiger partial charge on any atom is 0.374 e. The van der Waals surface area contributed by atoms with Crippen LogP contribution < -0.4 is 9.46 Å². The summed E-state index contributed by atoms with van der Waals surface area (Å²) in [5.41, 5.74) is 1.28. The summed E-state index contributed by atoms with van der Waals surface area (Å²) >= 11 is 0. The van der Waals surface area contributed by atoms with Gasteiger partial charge in [-0.05, 0) is 56.3 Å². The Morgan fingerprint density at radius 3 is 2.47 bits per heavy atom. The Labute approximate surface area is 185 Å². The summed E-state index contributed by atoms with van der Waals surface area (Å²) in [6.07, 6.45) is 0. The number of sulfonamides is 1. The van der Waals surface area contributed by atoms with Crippen LogP contribution >= 0.6 is 0 Å². The number of carbonyl (C=O) groups excluding carboxylic acids is 1. The summed E-state index contributed by atoms with van der Waals surface area (Å²) in [6.45, 7) is 3.60. The Bertz CT molecular complexity index is 1380. The zero-order valence-corrected chi connectivity index (χ0v) is 18.3. The number of furan rings is 1. The zero-order valence-electron chi connectivity index (χ0n) is 17.5. The van der Waals surface area contributed by atoms with Crippen molar-refractivity contribution >= 4 is 32.6 Å². The summed E-state index contributed by atoms with van der Waals surface area (Å²) in [5, 5.41) is 0.525. The lowest BCUT2D eigenvalue weighted by Gasteiger charge is -2.10. The number of rotatable bonds is 7. The molecule has 3 aromatic carbocycles. The summed E-state index contributed by atoms with van der Waals surface area (Å²) in [4.78, 5) is 12.1. The van der Waals surface area contributed by atoms with Crippen molar-refractivity contribution in [1.29, 1.82) is 0 Å². The van der Waals surface area contributed by atoms with Crippen molar-refractivity contribution in [3.8, 4) is 11.5 Å². The number of fused-ring (bicyclic) bond motifs is 1. The normalized spacial score (nSPS) is 11.3. The second kappa shape index (κ2) is 8.76. The maximum atomic E-state index is 13.0. The van der Waals surface area contributed by atoms with Crippen molar-refractivity contribution in [3.05, 3.63) is 84.1 Å². The SMILES string of the molecule is CCOC(=O)c1oc2ccc(S(=O)(=O)Nc3cccc(Oc4ccccc4)c3)cc2c1C. The third kappa shape index (κ3) is 4.45. The highest BCUT2D eigenvalue weighted by Gasteiger charge is 2.22. The molecule has 4 aromatic rings. The van der Waals surface area contributed by atoms with Crippen LogP contribution in [0.15, 0.2) is 82.1 Å². The van der Waals surface area contributed by atoms with Gasteiger partial charge in [0.2, 0.25) is 5.76 Å². The summed E-state index contributed by atoms with van der Waals surface area (Å²) in [6, 6.07) is 20.3. The minimum absolute atomic E-state index is 0.0405. The highest BCUT2D eigenvalue weighted by molar-refractivity contribution is 7.92. The maximum absolute atomic E-state index is 13.0. The van der Waals surface area contributed by atoms with Gasteiger partial charge in [0, 0.05) is 17.0 Å². The van der Waals surface area contributed by atoms with Crippen molar-refractivity contribution in [1.82, 2.24) is 0 Å². The lowest BCUT2D eigenvalue weighted by Crippen LogP contribution is -2.12. The molecule has 0 radical (unpaired) electrons. The number of ether oxygens (including phenoxy) is 2. The van der Waals surface area contributed by atoms with Crippen molar-refractivity contribution < 1.29 is 27.1 Å². The van der Waals surface area contributed by atoms with Crippen LogP contribution in [0.4, 0.5) is 5.69 Å². The van der Waals surface area contributed by atoms with E-state index < -0.39 is 16.0 Å². The van der Waals surface area contributed by atoms with Crippen LogP contribution in [0.25, 0.3) is 11.0 Å². The van der Waals surface area contributed by atoms with Gasteiger partial charge >= 0.3 is 5.97 Å². The predicted molar refractivity (Wildman–Crippen MR) is 121 cm³/mol. The molecule has 0 aliphatic carbocycles. The second-order valence-electron chi connectivity index (χ2n) is 6.98. The molecule has 1 aromatic heterocycles. The lowest BCUT2D eigenvalue weighted by molar-refractivity contribution is 0.0491. The molecule has 1 heterocycles. The van der Waals surface area contributed by atoms with E-state index in [1.807, 2.05) is 30.3 Å². The predicted octanol–water partition coefficient (Wildman–Crippen LogP) is 5.51. The molecule has 7 nitrogen and oxygen atoms in total.